The molecule has 1 N–H and O–H groups in total. The summed E-state index contributed by atoms with van der Waals surface area (Å²) in [5.74, 6) is 1.10. The van der Waals surface area contributed by atoms with Gasteiger partial charge in [-0.15, -0.1) is 0 Å². The van der Waals surface area contributed by atoms with E-state index in [1.165, 1.54) is 0 Å². The van der Waals surface area contributed by atoms with Gasteiger partial charge in [-0.1, -0.05) is 20.8 Å². The molecule has 0 bridgehead atoms. The van der Waals surface area contributed by atoms with Crippen molar-refractivity contribution in [1.29, 1.82) is 0 Å². The Kier molecular flexibility index (Phi) is 4.85. The van der Waals surface area contributed by atoms with E-state index in [1.54, 1.807) is 0 Å². The van der Waals surface area contributed by atoms with Crippen LogP contribution in [0, 0.1) is 11.3 Å². The fraction of sp³-hybridized carbons (Fsp3) is 0.933. The Labute approximate surface area is 117 Å². The third-order valence-corrected chi connectivity index (χ3v) is 4.51. The van der Waals surface area contributed by atoms with Crippen LogP contribution in [0.1, 0.15) is 33.6 Å². The van der Waals surface area contributed by atoms with Crippen molar-refractivity contribution < 1.29 is 4.79 Å². The van der Waals surface area contributed by atoms with Gasteiger partial charge in [-0.25, -0.2) is 0 Å². The summed E-state index contributed by atoms with van der Waals surface area (Å²) in [6.07, 6.45) is 1.97. The molecule has 0 spiro atoms. The van der Waals surface area contributed by atoms with E-state index in [4.69, 9.17) is 0 Å². The SMILES string of the molecule is CC(C)CN1CCN(C(=O)C2(C)CCNCC2)CC1. The highest BCUT2D eigenvalue weighted by Crippen LogP contribution is 2.30. The monoisotopic (exact) mass is 267 g/mol. The van der Waals surface area contributed by atoms with E-state index in [1.807, 2.05) is 0 Å². The Morgan fingerprint density at radius 1 is 1.16 bits per heavy atom. The fourth-order valence-corrected chi connectivity index (χ4v) is 3.22. The minimum absolute atomic E-state index is 0.120. The normalized spacial score (nSPS) is 24.7. The van der Waals surface area contributed by atoms with Gasteiger partial charge < -0.3 is 10.2 Å². The predicted molar refractivity (Wildman–Crippen MR) is 78.1 cm³/mol. The molecule has 0 aromatic heterocycles. The van der Waals surface area contributed by atoms with E-state index in [0.717, 1.165) is 58.7 Å². The number of piperidine rings is 1. The second-order valence-electron chi connectivity index (χ2n) is 6.80. The van der Waals surface area contributed by atoms with Crippen molar-refractivity contribution in [2.45, 2.75) is 33.6 Å². The third-order valence-electron chi connectivity index (χ3n) is 4.51. The van der Waals surface area contributed by atoms with Gasteiger partial charge in [-0.05, 0) is 31.8 Å². The zero-order chi connectivity index (χ0) is 13.9. The lowest BCUT2D eigenvalue weighted by Crippen LogP contribution is -2.54. The molecule has 0 aromatic carbocycles. The molecule has 0 saturated carbocycles. The molecular weight excluding hydrogens is 238 g/mol. The van der Waals surface area contributed by atoms with Gasteiger partial charge in [0.2, 0.25) is 5.91 Å². The highest BCUT2D eigenvalue weighted by Gasteiger charge is 2.38. The zero-order valence-electron chi connectivity index (χ0n) is 12.7. The minimum Gasteiger partial charge on any atom is -0.340 e. The predicted octanol–water partition coefficient (Wildman–Crippen LogP) is 1.18. The number of amides is 1. The lowest BCUT2D eigenvalue weighted by molar-refractivity contribution is -0.144. The van der Waals surface area contributed by atoms with E-state index < -0.39 is 0 Å². The van der Waals surface area contributed by atoms with Gasteiger partial charge in [-0.3, -0.25) is 9.69 Å². The first-order valence-electron chi connectivity index (χ1n) is 7.74. The van der Waals surface area contributed by atoms with E-state index in [2.05, 4.69) is 35.9 Å². The Balaban J connectivity index is 1.85. The summed E-state index contributed by atoms with van der Waals surface area (Å²) in [4.78, 5) is 17.3. The number of nitrogens with zero attached hydrogens (tertiary/aromatic N) is 2. The van der Waals surface area contributed by atoms with Crippen molar-refractivity contribution in [2.24, 2.45) is 11.3 Å². The molecule has 1 amide bonds. The van der Waals surface area contributed by atoms with Crippen LogP contribution in [-0.4, -0.2) is 61.5 Å². The number of rotatable bonds is 3. The molecule has 2 aliphatic heterocycles. The number of hydrogen-bond acceptors (Lipinski definition) is 3. The van der Waals surface area contributed by atoms with Gasteiger partial charge in [0.05, 0.1) is 0 Å². The quantitative estimate of drug-likeness (QED) is 0.834. The average molecular weight is 267 g/mol. The Morgan fingerprint density at radius 3 is 2.26 bits per heavy atom. The summed E-state index contributed by atoms with van der Waals surface area (Å²) < 4.78 is 0. The average Bonchev–Trinajstić information content (AvgIpc) is 2.39. The number of carbonyl (C=O) groups is 1. The maximum Gasteiger partial charge on any atom is 0.228 e. The van der Waals surface area contributed by atoms with Crippen molar-refractivity contribution in [3.63, 3.8) is 0 Å². The van der Waals surface area contributed by atoms with Crippen molar-refractivity contribution in [3.05, 3.63) is 0 Å². The van der Waals surface area contributed by atoms with Crippen LogP contribution in [-0.2, 0) is 4.79 Å². The molecular formula is C15H29N3O. The smallest absolute Gasteiger partial charge is 0.228 e. The zero-order valence-corrected chi connectivity index (χ0v) is 12.7. The van der Waals surface area contributed by atoms with E-state index in [-0.39, 0.29) is 5.41 Å². The van der Waals surface area contributed by atoms with Gasteiger partial charge in [-0.2, -0.15) is 0 Å². The summed E-state index contributed by atoms with van der Waals surface area (Å²) in [5, 5.41) is 3.35. The second-order valence-corrected chi connectivity index (χ2v) is 6.80. The van der Waals surface area contributed by atoms with Crippen LogP contribution in [0.5, 0.6) is 0 Å². The van der Waals surface area contributed by atoms with Crippen molar-refractivity contribution >= 4 is 5.91 Å². The summed E-state index contributed by atoms with van der Waals surface area (Å²) in [6.45, 7) is 13.7. The molecule has 0 aromatic rings. The van der Waals surface area contributed by atoms with Crippen LogP contribution < -0.4 is 5.32 Å². The molecule has 2 rings (SSSR count). The summed E-state index contributed by atoms with van der Waals surface area (Å²) >= 11 is 0. The van der Waals surface area contributed by atoms with Crippen molar-refractivity contribution in [3.8, 4) is 0 Å². The van der Waals surface area contributed by atoms with E-state index in [9.17, 15) is 4.79 Å². The van der Waals surface area contributed by atoms with E-state index in [0.29, 0.717) is 11.8 Å². The lowest BCUT2D eigenvalue weighted by atomic mass is 9.79. The molecule has 4 heteroatoms. The van der Waals surface area contributed by atoms with Crippen molar-refractivity contribution in [2.75, 3.05) is 45.8 Å². The summed E-state index contributed by atoms with van der Waals surface area (Å²) in [7, 11) is 0. The number of carbonyl (C=O) groups excluding carboxylic acids is 1. The first kappa shape index (κ1) is 14.8. The maximum atomic E-state index is 12.7. The number of hydrogen-bond donors (Lipinski definition) is 1. The molecule has 2 fully saturated rings. The highest BCUT2D eigenvalue weighted by atomic mass is 16.2. The van der Waals surface area contributed by atoms with Crippen molar-refractivity contribution in [1.82, 2.24) is 15.1 Å². The number of nitrogens with one attached hydrogen (secondary N) is 1. The standard InChI is InChI=1S/C15H29N3O/c1-13(2)12-17-8-10-18(11-9-17)14(19)15(3)4-6-16-7-5-15/h13,16H,4-12H2,1-3H3. The summed E-state index contributed by atoms with van der Waals surface area (Å²) in [5.41, 5.74) is -0.120. The second kappa shape index (κ2) is 6.23. The molecule has 0 aliphatic carbocycles. The summed E-state index contributed by atoms with van der Waals surface area (Å²) in [6, 6.07) is 0. The molecule has 0 radical (unpaired) electrons. The Bertz CT molecular complexity index is 303. The molecule has 19 heavy (non-hydrogen) atoms. The van der Waals surface area contributed by atoms with Gasteiger partial charge in [0.25, 0.3) is 0 Å². The first-order chi connectivity index (χ1) is 9.01. The first-order valence-corrected chi connectivity index (χ1v) is 7.74. The topological polar surface area (TPSA) is 35.6 Å². The van der Waals surface area contributed by atoms with Crippen LogP contribution >= 0.6 is 0 Å². The largest absolute Gasteiger partial charge is 0.340 e. The molecule has 0 atom stereocenters. The highest BCUT2D eigenvalue weighted by molar-refractivity contribution is 5.82. The van der Waals surface area contributed by atoms with Gasteiger partial charge in [0.1, 0.15) is 0 Å². The van der Waals surface area contributed by atoms with Gasteiger partial charge >= 0.3 is 0 Å². The maximum absolute atomic E-state index is 12.7. The van der Waals surface area contributed by atoms with Crippen LogP contribution in [0.25, 0.3) is 0 Å². The molecule has 4 nitrogen and oxygen atoms in total. The van der Waals surface area contributed by atoms with Crippen LogP contribution in [0.15, 0.2) is 0 Å². The molecule has 2 heterocycles. The van der Waals surface area contributed by atoms with Gasteiger partial charge in [0, 0.05) is 38.1 Å². The van der Waals surface area contributed by atoms with Crippen LogP contribution in [0.3, 0.4) is 0 Å². The third kappa shape index (κ3) is 3.69. The van der Waals surface area contributed by atoms with Crippen LogP contribution in [0.4, 0.5) is 0 Å². The van der Waals surface area contributed by atoms with Crippen LogP contribution in [0.2, 0.25) is 0 Å². The Morgan fingerprint density at radius 2 is 1.74 bits per heavy atom. The lowest BCUT2D eigenvalue weighted by Gasteiger charge is -2.41. The molecule has 2 aliphatic rings. The molecule has 2 saturated heterocycles. The minimum atomic E-state index is -0.120. The molecule has 110 valence electrons. The number of piperazine rings is 1. The van der Waals surface area contributed by atoms with Gasteiger partial charge in [0.15, 0.2) is 0 Å². The van der Waals surface area contributed by atoms with E-state index >= 15 is 0 Å². The Hall–Kier alpha value is -0.610. The fourth-order valence-electron chi connectivity index (χ4n) is 3.22. The molecule has 0 unspecified atom stereocenters.